The van der Waals surface area contributed by atoms with Crippen molar-refractivity contribution in [2.45, 2.75) is 20.3 Å². The highest BCUT2D eigenvalue weighted by Gasteiger charge is 2.15. The van der Waals surface area contributed by atoms with Crippen LogP contribution in [0.1, 0.15) is 23.1 Å². The monoisotopic (exact) mass is 197 g/mol. The van der Waals surface area contributed by atoms with Crippen molar-refractivity contribution in [1.82, 2.24) is 0 Å². The van der Waals surface area contributed by atoms with E-state index in [4.69, 9.17) is 0 Å². The second kappa shape index (κ2) is 3.70. The maximum atomic E-state index is 10.5. The van der Waals surface area contributed by atoms with Gasteiger partial charge in [0, 0.05) is 10.9 Å². The van der Waals surface area contributed by atoms with Gasteiger partial charge in [0.25, 0.3) is 5.69 Å². The van der Waals surface area contributed by atoms with E-state index in [1.54, 1.807) is 13.0 Å². The van der Waals surface area contributed by atoms with E-state index in [-0.39, 0.29) is 10.6 Å². The van der Waals surface area contributed by atoms with Gasteiger partial charge in [-0.15, -0.1) is 11.3 Å². The van der Waals surface area contributed by atoms with Crippen LogP contribution >= 0.6 is 11.3 Å². The van der Waals surface area contributed by atoms with Gasteiger partial charge >= 0.3 is 0 Å². The first kappa shape index (κ1) is 9.92. The third kappa shape index (κ3) is 1.95. The number of thiophene rings is 1. The Morgan fingerprint density at radius 1 is 1.77 bits per heavy atom. The minimum absolute atomic E-state index is 0.203. The molecule has 4 heteroatoms. The minimum Gasteiger partial charge on any atom is -0.258 e. The molecule has 0 fully saturated rings. The maximum Gasteiger partial charge on any atom is 0.283 e. The van der Waals surface area contributed by atoms with Gasteiger partial charge < -0.3 is 0 Å². The fourth-order valence-electron chi connectivity index (χ4n) is 1.00. The molecule has 1 heterocycles. The van der Waals surface area contributed by atoms with E-state index >= 15 is 0 Å². The van der Waals surface area contributed by atoms with Gasteiger partial charge in [0.15, 0.2) is 0 Å². The van der Waals surface area contributed by atoms with Crippen LogP contribution < -0.4 is 0 Å². The third-order valence-electron chi connectivity index (χ3n) is 1.86. The first-order valence-electron chi connectivity index (χ1n) is 3.99. The number of allylic oxidation sites excluding steroid dienone is 1. The van der Waals surface area contributed by atoms with Crippen molar-refractivity contribution in [1.29, 1.82) is 0 Å². The number of hydrogen-bond acceptors (Lipinski definition) is 3. The van der Waals surface area contributed by atoms with E-state index in [0.717, 1.165) is 21.7 Å². The van der Waals surface area contributed by atoms with Gasteiger partial charge in [-0.05, 0) is 18.9 Å². The zero-order valence-corrected chi connectivity index (χ0v) is 8.48. The Balaban J connectivity index is 3.09. The number of nitro groups is 1. The van der Waals surface area contributed by atoms with Crippen LogP contribution in [0.15, 0.2) is 12.6 Å². The molecule has 0 aromatic carbocycles. The summed E-state index contributed by atoms with van der Waals surface area (Å²) < 4.78 is 0. The van der Waals surface area contributed by atoms with Gasteiger partial charge in [0.2, 0.25) is 0 Å². The molecular formula is C9H11NO2S. The first-order valence-corrected chi connectivity index (χ1v) is 4.81. The van der Waals surface area contributed by atoms with Crippen LogP contribution in [0.25, 0.3) is 5.57 Å². The van der Waals surface area contributed by atoms with Crippen molar-refractivity contribution in [3.63, 3.8) is 0 Å². The lowest BCUT2D eigenvalue weighted by Gasteiger charge is -1.93. The van der Waals surface area contributed by atoms with Crippen molar-refractivity contribution in [2.24, 2.45) is 0 Å². The number of rotatable bonds is 3. The lowest BCUT2D eigenvalue weighted by atomic mass is 10.2. The lowest BCUT2D eigenvalue weighted by molar-refractivity contribution is -0.385. The average molecular weight is 197 g/mol. The number of nitrogens with zero attached hydrogens (tertiary/aromatic N) is 1. The third-order valence-corrected chi connectivity index (χ3v) is 3.01. The molecule has 0 saturated heterocycles. The van der Waals surface area contributed by atoms with Gasteiger partial charge in [0.05, 0.1) is 9.80 Å². The molecule has 3 nitrogen and oxygen atoms in total. The molecule has 13 heavy (non-hydrogen) atoms. The summed E-state index contributed by atoms with van der Waals surface area (Å²) in [6.45, 7) is 7.59. The Morgan fingerprint density at radius 2 is 2.38 bits per heavy atom. The molecule has 1 aromatic heterocycles. The van der Waals surface area contributed by atoms with Crippen molar-refractivity contribution in [3.05, 3.63) is 32.5 Å². The Morgan fingerprint density at radius 3 is 2.77 bits per heavy atom. The van der Waals surface area contributed by atoms with Crippen LogP contribution in [0, 0.1) is 17.0 Å². The Labute approximate surface area is 80.9 Å². The highest BCUT2D eigenvalue weighted by Crippen LogP contribution is 2.32. The molecule has 1 rings (SSSR count). The van der Waals surface area contributed by atoms with Crippen molar-refractivity contribution < 1.29 is 4.92 Å². The van der Waals surface area contributed by atoms with Crippen LogP contribution in [0.2, 0.25) is 0 Å². The predicted octanol–water partition coefficient (Wildman–Crippen LogP) is 3.39. The van der Waals surface area contributed by atoms with E-state index in [2.05, 4.69) is 6.58 Å². The second-order valence-corrected chi connectivity index (χ2v) is 4.02. The quantitative estimate of drug-likeness (QED) is 0.550. The number of hydrogen-bond donors (Lipinski definition) is 0. The lowest BCUT2D eigenvalue weighted by Crippen LogP contribution is -1.85. The van der Waals surface area contributed by atoms with Crippen molar-refractivity contribution >= 4 is 22.6 Å². The summed E-state index contributed by atoms with van der Waals surface area (Å²) in [4.78, 5) is 11.8. The molecule has 0 amide bonds. The molecule has 0 bridgehead atoms. The molecular weight excluding hydrogens is 186 g/mol. The zero-order valence-electron chi connectivity index (χ0n) is 7.66. The average Bonchev–Trinajstić information content (AvgIpc) is 2.46. The van der Waals surface area contributed by atoms with Crippen LogP contribution in [0.3, 0.4) is 0 Å². The molecule has 0 spiro atoms. The molecule has 0 aliphatic heterocycles. The largest absolute Gasteiger partial charge is 0.283 e. The fourth-order valence-corrected chi connectivity index (χ4v) is 2.03. The predicted molar refractivity (Wildman–Crippen MR) is 55.0 cm³/mol. The molecule has 0 atom stereocenters. The van der Waals surface area contributed by atoms with Crippen molar-refractivity contribution in [2.75, 3.05) is 0 Å². The number of aryl methyl sites for hydroxylation is 1. The smallest absolute Gasteiger partial charge is 0.258 e. The van der Waals surface area contributed by atoms with Crippen LogP contribution in [-0.2, 0) is 0 Å². The van der Waals surface area contributed by atoms with E-state index < -0.39 is 0 Å². The fraction of sp³-hybridized carbons (Fsp3) is 0.333. The van der Waals surface area contributed by atoms with E-state index in [1.807, 2.05) is 6.92 Å². The highest BCUT2D eigenvalue weighted by atomic mass is 32.1. The van der Waals surface area contributed by atoms with Gasteiger partial charge in [-0.1, -0.05) is 13.5 Å². The SMILES string of the molecule is C=C(CC)c1cc([N+](=O)[O-])c(C)s1. The van der Waals surface area contributed by atoms with E-state index in [1.165, 1.54) is 11.3 Å². The Bertz CT molecular complexity index is 354. The maximum absolute atomic E-state index is 10.5. The molecule has 0 N–H and O–H groups in total. The van der Waals surface area contributed by atoms with Gasteiger partial charge in [-0.25, -0.2) is 0 Å². The summed E-state index contributed by atoms with van der Waals surface area (Å²) in [5.74, 6) is 0. The molecule has 0 radical (unpaired) electrons. The summed E-state index contributed by atoms with van der Waals surface area (Å²) in [5, 5.41) is 10.5. The van der Waals surface area contributed by atoms with Gasteiger partial charge in [-0.3, -0.25) is 10.1 Å². The summed E-state index contributed by atoms with van der Waals surface area (Å²) in [6, 6.07) is 1.60. The molecule has 0 aliphatic carbocycles. The Kier molecular flexibility index (Phi) is 2.83. The van der Waals surface area contributed by atoms with Crippen LogP contribution in [0.4, 0.5) is 5.69 Å². The highest BCUT2D eigenvalue weighted by molar-refractivity contribution is 7.13. The first-order chi connectivity index (χ1) is 6.06. The summed E-state index contributed by atoms with van der Waals surface area (Å²) >= 11 is 1.43. The summed E-state index contributed by atoms with van der Waals surface area (Å²) in [7, 11) is 0. The zero-order chi connectivity index (χ0) is 10.0. The van der Waals surface area contributed by atoms with Gasteiger partial charge in [-0.2, -0.15) is 0 Å². The second-order valence-electron chi connectivity index (χ2n) is 2.77. The minimum atomic E-state index is -0.349. The Hall–Kier alpha value is -1.16. The molecule has 0 saturated carbocycles. The molecule has 0 unspecified atom stereocenters. The van der Waals surface area contributed by atoms with E-state index in [0.29, 0.717) is 0 Å². The van der Waals surface area contributed by atoms with Crippen molar-refractivity contribution in [3.8, 4) is 0 Å². The molecule has 1 aromatic rings. The van der Waals surface area contributed by atoms with Gasteiger partial charge in [0.1, 0.15) is 0 Å². The summed E-state index contributed by atoms with van der Waals surface area (Å²) in [6.07, 6.45) is 0.830. The topological polar surface area (TPSA) is 43.1 Å². The molecule has 70 valence electrons. The molecule has 0 aliphatic rings. The summed E-state index contributed by atoms with van der Waals surface area (Å²) in [5.41, 5.74) is 1.16. The van der Waals surface area contributed by atoms with Crippen LogP contribution in [-0.4, -0.2) is 4.92 Å². The van der Waals surface area contributed by atoms with E-state index in [9.17, 15) is 10.1 Å². The normalized spacial score (nSPS) is 10.0. The van der Waals surface area contributed by atoms with Crippen LogP contribution in [0.5, 0.6) is 0 Å². The standard InChI is InChI=1S/C9H11NO2S/c1-4-6(2)9-5-8(10(11)12)7(3)13-9/h5H,2,4H2,1,3H3.